The zero-order valence-corrected chi connectivity index (χ0v) is 12.2. The lowest BCUT2D eigenvalue weighted by atomic mass is 10.2. The molecule has 3 rings (SSSR count). The number of aromatic nitrogens is 1. The van der Waals surface area contributed by atoms with Gasteiger partial charge in [0.25, 0.3) is 0 Å². The molecule has 0 bridgehead atoms. The minimum atomic E-state index is 1.10. The molecular weight excluding hydrogens is 232 g/mol. The van der Waals surface area contributed by atoms with E-state index in [4.69, 9.17) is 0 Å². The molecule has 2 nitrogen and oxygen atoms in total. The number of hydrogen-bond donors (Lipinski definition) is 0. The van der Waals surface area contributed by atoms with Crippen molar-refractivity contribution in [1.29, 1.82) is 0 Å². The minimum absolute atomic E-state index is 1.10. The summed E-state index contributed by atoms with van der Waals surface area (Å²) in [5.74, 6) is 0. The second kappa shape index (κ2) is 5.38. The molecule has 2 heterocycles. The van der Waals surface area contributed by atoms with Gasteiger partial charge in [0.1, 0.15) is 0 Å². The number of likely N-dealkylation sites (tertiary alicyclic amines) is 1. The van der Waals surface area contributed by atoms with Crippen LogP contribution in [0.15, 0.2) is 24.3 Å². The average molecular weight is 256 g/mol. The number of benzene rings is 1. The third-order valence-corrected chi connectivity index (χ3v) is 4.38. The second-order valence-corrected chi connectivity index (χ2v) is 5.95. The van der Waals surface area contributed by atoms with Crippen molar-refractivity contribution in [2.24, 2.45) is 7.05 Å². The van der Waals surface area contributed by atoms with E-state index < -0.39 is 0 Å². The third-order valence-electron chi connectivity index (χ3n) is 4.38. The van der Waals surface area contributed by atoms with Crippen molar-refractivity contribution in [2.45, 2.75) is 39.2 Å². The Kier molecular flexibility index (Phi) is 3.61. The molecule has 0 spiro atoms. The van der Waals surface area contributed by atoms with Crippen LogP contribution in [-0.2, 0) is 13.6 Å². The summed E-state index contributed by atoms with van der Waals surface area (Å²) < 4.78 is 2.37. The van der Waals surface area contributed by atoms with Crippen LogP contribution in [0.2, 0.25) is 0 Å². The SMILES string of the molecule is Cc1ccc2cc(CN3CCCCCC3)n(C)c2c1. The molecule has 1 aromatic heterocycles. The summed E-state index contributed by atoms with van der Waals surface area (Å²) in [6.45, 7) is 5.80. The number of rotatable bonds is 2. The highest BCUT2D eigenvalue weighted by Crippen LogP contribution is 2.22. The van der Waals surface area contributed by atoms with E-state index in [1.165, 1.54) is 60.9 Å². The van der Waals surface area contributed by atoms with Gasteiger partial charge in [-0.2, -0.15) is 0 Å². The van der Waals surface area contributed by atoms with Crippen LogP contribution in [0.5, 0.6) is 0 Å². The van der Waals surface area contributed by atoms with Crippen LogP contribution in [0, 0.1) is 6.92 Å². The lowest BCUT2D eigenvalue weighted by Crippen LogP contribution is -2.25. The van der Waals surface area contributed by atoms with E-state index in [9.17, 15) is 0 Å². The molecule has 0 aliphatic carbocycles. The Bertz CT molecular complexity index is 560. The standard InChI is InChI=1S/C17H24N2/c1-14-7-8-15-12-16(18(2)17(15)11-14)13-19-9-5-3-4-6-10-19/h7-8,11-12H,3-6,9-10,13H2,1-2H3. The Hall–Kier alpha value is -1.28. The Morgan fingerprint density at radius 1 is 1.00 bits per heavy atom. The van der Waals surface area contributed by atoms with Crippen LogP contribution in [-0.4, -0.2) is 22.6 Å². The molecule has 0 unspecified atom stereocenters. The summed E-state index contributed by atoms with van der Waals surface area (Å²) in [5.41, 5.74) is 4.15. The monoisotopic (exact) mass is 256 g/mol. The summed E-state index contributed by atoms with van der Waals surface area (Å²) in [4.78, 5) is 2.62. The first-order chi connectivity index (χ1) is 9.24. The van der Waals surface area contributed by atoms with Crippen LogP contribution < -0.4 is 0 Å². The maximum Gasteiger partial charge on any atom is 0.0482 e. The largest absolute Gasteiger partial charge is 0.346 e. The molecule has 0 N–H and O–H groups in total. The second-order valence-electron chi connectivity index (χ2n) is 5.95. The highest BCUT2D eigenvalue weighted by molar-refractivity contribution is 5.81. The van der Waals surface area contributed by atoms with Crippen molar-refractivity contribution in [3.8, 4) is 0 Å². The first kappa shape index (κ1) is 12.7. The van der Waals surface area contributed by atoms with Crippen molar-refractivity contribution < 1.29 is 0 Å². The Morgan fingerprint density at radius 3 is 2.47 bits per heavy atom. The summed E-state index contributed by atoms with van der Waals surface area (Å²) in [6.07, 6.45) is 5.54. The Balaban J connectivity index is 1.86. The van der Waals surface area contributed by atoms with E-state index in [1.807, 2.05) is 0 Å². The topological polar surface area (TPSA) is 8.17 Å². The molecule has 19 heavy (non-hydrogen) atoms. The van der Waals surface area contributed by atoms with E-state index in [0.717, 1.165) is 6.54 Å². The van der Waals surface area contributed by atoms with Gasteiger partial charge in [-0.15, -0.1) is 0 Å². The van der Waals surface area contributed by atoms with E-state index in [2.05, 4.69) is 47.7 Å². The maximum atomic E-state index is 2.62. The van der Waals surface area contributed by atoms with Crippen molar-refractivity contribution in [2.75, 3.05) is 13.1 Å². The van der Waals surface area contributed by atoms with Gasteiger partial charge in [0.15, 0.2) is 0 Å². The zero-order chi connectivity index (χ0) is 13.2. The molecule has 2 aromatic rings. The van der Waals surface area contributed by atoms with Gasteiger partial charge in [0, 0.05) is 24.8 Å². The fourth-order valence-corrected chi connectivity index (χ4v) is 3.17. The number of aryl methyl sites for hydroxylation is 2. The molecule has 0 radical (unpaired) electrons. The molecule has 1 saturated heterocycles. The Morgan fingerprint density at radius 2 is 1.74 bits per heavy atom. The van der Waals surface area contributed by atoms with E-state index in [-0.39, 0.29) is 0 Å². The van der Waals surface area contributed by atoms with Gasteiger partial charge in [-0.25, -0.2) is 0 Å². The summed E-state index contributed by atoms with van der Waals surface area (Å²) in [7, 11) is 2.20. The van der Waals surface area contributed by atoms with Crippen LogP contribution in [0.4, 0.5) is 0 Å². The van der Waals surface area contributed by atoms with Gasteiger partial charge in [-0.1, -0.05) is 25.0 Å². The van der Waals surface area contributed by atoms with Gasteiger partial charge in [-0.05, 0) is 55.9 Å². The molecule has 2 heteroatoms. The van der Waals surface area contributed by atoms with Gasteiger partial charge in [-0.3, -0.25) is 4.90 Å². The predicted molar refractivity (Wildman–Crippen MR) is 81.4 cm³/mol. The normalized spacial score (nSPS) is 17.8. The highest BCUT2D eigenvalue weighted by atomic mass is 15.1. The fourth-order valence-electron chi connectivity index (χ4n) is 3.17. The fraction of sp³-hybridized carbons (Fsp3) is 0.529. The molecule has 0 amide bonds. The Labute approximate surface area is 116 Å². The molecule has 1 fully saturated rings. The van der Waals surface area contributed by atoms with Crippen molar-refractivity contribution in [3.05, 3.63) is 35.5 Å². The third kappa shape index (κ3) is 2.69. The van der Waals surface area contributed by atoms with Crippen LogP contribution >= 0.6 is 0 Å². The molecule has 102 valence electrons. The van der Waals surface area contributed by atoms with E-state index in [0.29, 0.717) is 0 Å². The van der Waals surface area contributed by atoms with E-state index in [1.54, 1.807) is 0 Å². The number of fused-ring (bicyclic) bond motifs is 1. The summed E-state index contributed by atoms with van der Waals surface area (Å²) in [6, 6.07) is 9.11. The van der Waals surface area contributed by atoms with Gasteiger partial charge < -0.3 is 4.57 Å². The van der Waals surface area contributed by atoms with Gasteiger partial charge >= 0.3 is 0 Å². The minimum Gasteiger partial charge on any atom is -0.346 e. The molecule has 1 aliphatic rings. The summed E-state index contributed by atoms with van der Waals surface area (Å²) >= 11 is 0. The number of hydrogen-bond acceptors (Lipinski definition) is 1. The van der Waals surface area contributed by atoms with Crippen LogP contribution in [0.3, 0.4) is 0 Å². The van der Waals surface area contributed by atoms with Crippen molar-refractivity contribution in [3.63, 3.8) is 0 Å². The van der Waals surface area contributed by atoms with E-state index >= 15 is 0 Å². The molecule has 1 aliphatic heterocycles. The van der Waals surface area contributed by atoms with Crippen molar-refractivity contribution >= 4 is 10.9 Å². The zero-order valence-electron chi connectivity index (χ0n) is 12.2. The van der Waals surface area contributed by atoms with Crippen molar-refractivity contribution in [1.82, 2.24) is 9.47 Å². The molecule has 1 aromatic carbocycles. The lowest BCUT2D eigenvalue weighted by Gasteiger charge is -2.20. The highest BCUT2D eigenvalue weighted by Gasteiger charge is 2.12. The summed E-state index contributed by atoms with van der Waals surface area (Å²) in [5, 5.41) is 1.37. The lowest BCUT2D eigenvalue weighted by molar-refractivity contribution is 0.271. The molecule has 0 saturated carbocycles. The number of nitrogens with zero attached hydrogens (tertiary/aromatic N) is 2. The van der Waals surface area contributed by atoms with Gasteiger partial charge in [0.05, 0.1) is 0 Å². The quantitative estimate of drug-likeness (QED) is 0.792. The predicted octanol–water partition coefficient (Wildman–Crippen LogP) is 3.86. The first-order valence-electron chi connectivity index (χ1n) is 7.51. The first-order valence-corrected chi connectivity index (χ1v) is 7.51. The maximum absolute atomic E-state index is 2.62. The smallest absolute Gasteiger partial charge is 0.0482 e. The molecule has 0 atom stereocenters. The van der Waals surface area contributed by atoms with Crippen LogP contribution in [0.25, 0.3) is 10.9 Å². The average Bonchev–Trinajstić information content (AvgIpc) is 2.59. The van der Waals surface area contributed by atoms with Crippen LogP contribution in [0.1, 0.15) is 36.9 Å². The van der Waals surface area contributed by atoms with Gasteiger partial charge in [0.2, 0.25) is 0 Å². The molecular formula is C17H24N2.